The summed E-state index contributed by atoms with van der Waals surface area (Å²) in [4.78, 5) is 25.5. The van der Waals surface area contributed by atoms with Crippen LogP contribution in [-0.2, 0) is 24.1 Å². The second-order valence-corrected chi connectivity index (χ2v) is 10.7. The lowest BCUT2D eigenvalue weighted by Gasteiger charge is -2.30. The Morgan fingerprint density at radius 1 is 1.44 bits per heavy atom. The molecule has 0 unspecified atom stereocenters. The van der Waals surface area contributed by atoms with Crippen molar-refractivity contribution >= 4 is 27.5 Å². The first-order valence-corrected chi connectivity index (χ1v) is 11.8. The summed E-state index contributed by atoms with van der Waals surface area (Å²) in [6.07, 6.45) is 0.531. The molecule has 0 bridgehead atoms. The Bertz CT molecular complexity index is 1080. The number of cyclic esters (lactones) is 1. The van der Waals surface area contributed by atoms with Crippen LogP contribution in [0.1, 0.15) is 31.7 Å². The molecule has 11 heteroatoms. The van der Waals surface area contributed by atoms with E-state index in [2.05, 4.69) is 11.8 Å². The summed E-state index contributed by atoms with van der Waals surface area (Å²) in [5.41, 5.74) is 1.76. The van der Waals surface area contributed by atoms with Gasteiger partial charge in [0.25, 0.3) is 5.91 Å². The molecule has 32 heavy (non-hydrogen) atoms. The first-order valence-electron chi connectivity index (χ1n) is 9.94. The first kappa shape index (κ1) is 24.0. The molecule has 1 aromatic rings. The zero-order valence-corrected chi connectivity index (χ0v) is 18.7. The van der Waals surface area contributed by atoms with Crippen LogP contribution in [0.25, 0.3) is 0 Å². The van der Waals surface area contributed by atoms with Crippen LogP contribution in [0, 0.1) is 23.6 Å². The maximum absolute atomic E-state index is 14.6. The second kappa shape index (κ2) is 9.05. The number of hydrogen-bond acceptors (Lipinski definition) is 7. The number of benzene rings is 1. The lowest BCUT2D eigenvalue weighted by Crippen LogP contribution is -2.51. The van der Waals surface area contributed by atoms with Crippen LogP contribution in [0.3, 0.4) is 0 Å². The summed E-state index contributed by atoms with van der Waals surface area (Å²) >= 11 is 0. The minimum atomic E-state index is -3.96. The van der Waals surface area contributed by atoms with Crippen LogP contribution in [0.4, 0.5) is 14.9 Å². The number of hydrogen-bond donors (Lipinski definition) is 2. The zero-order valence-electron chi connectivity index (χ0n) is 17.9. The molecule has 2 N–H and O–H groups in total. The summed E-state index contributed by atoms with van der Waals surface area (Å²) in [6.45, 7) is 1.04. The van der Waals surface area contributed by atoms with Crippen molar-refractivity contribution in [3.63, 3.8) is 0 Å². The fourth-order valence-electron chi connectivity index (χ4n) is 3.63. The van der Waals surface area contributed by atoms with Crippen molar-refractivity contribution < 1.29 is 37.1 Å². The number of nitrogens with one attached hydrogen (secondary N) is 1. The van der Waals surface area contributed by atoms with Crippen LogP contribution >= 0.6 is 0 Å². The minimum Gasteiger partial charge on any atom is -0.444 e. The number of hydroxylamine groups is 1. The van der Waals surface area contributed by atoms with Gasteiger partial charge in [-0.05, 0) is 38.0 Å². The van der Waals surface area contributed by atoms with Gasteiger partial charge in [0.15, 0.2) is 14.6 Å². The average molecular weight is 469 g/mol. The van der Waals surface area contributed by atoms with Crippen molar-refractivity contribution in [2.75, 3.05) is 24.8 Å². The van der Waals surface area contributed by atoms with E-state index in [0.717, 1.165) is 37.0 Å². The predicted octanol–water partition coefficient (Wildman–Crippen LogP) is 1.63. The fraction of sp³-hybridized carbons (Fsp3) is 0.524. The lowest BCUT2D eigenvalue weighted by molar-refractivity contribution is -0.132. The van der Waals surface area contributed by atoms with Crippen LogP contribution in [-0.4, -0.2) is 62.5 Å². The van der Waals surface area contributed by atoms with Gasteiger partial charge in [-0.2, -0.15) is 0 Å². The van der Waals surface area contributed by atoms with Crippen molar-refractivity contribution in [2.24, 2.45) is 5.92 Å². The van der Waals surface area contributed by atoms with Crippen molar-refractivity contribution in [3.8, 4) is 11.8 Å². The van der Waals surface area contributed by atoms with Crippen molar-refractivity contribution in [3.05, 3.63) is 29.6 Å². The highest BCUT2D eigenvalue weighted by molar-refractivity contribution is 7.92. The Kier molecular flexibility index (Phi) is 6.78. The van der Waals surface area contributed by atoms with Crippen LogP contribution in [0.5, 0.6) is 0 Å². The smallest absolute Gasteiger partial charge is 0.414 e. The molecular weight excluding hydrogens is 443 g/mol. The Balaban J connectivity index is 1.72. The number of amides is 2. The van der Waals surface area contributed by atoms with Gasteiger partial charge in [-0.25, -0.2) is 23.1 Å². The van der Waals surface area contributed by atoms with E-state index in [9.17, 15) is 22.4 Å². The average Bonchev–Trinajstić information content (AvgIpc) is 3.06. The van der Waals surface area contributed by atoms with E-state index in [1.165, 1.54) is 17.6 Å². The van der Waals surface area contributed by atoms with Gasteiger partial charge in [0.2, 0.25) is 0 Å². The van der Waals surface area contributed by atoms with Crippen molar-refractivity contribution in [1.29, 1.82) is 0 Å². The molecule has 2 atom stereocenters. The van der Waals surface area contributed by atoms with Crippen molar-refractivity contribution in [1.82, 2.24) is 5.48 Å². The molecule has 1 heterocycles. The summed E-state index contributed by atoms with van der Waals surface area (Å²) in [7, 11) is -2.31. The van der Waals surface area contributed by atoms with Crippen molar-refractivity contribution in [2.45, 2.75) is 43.1 Å². The molecule has 3 rings (SSSR count). The number of rotatable bonds is 6. The molecule has 1 saturated heterocycles. The third-order valence-electron chi connectivity index (χ3n) is 5.99. The molecule has 1 aromatic carbocycles. The van der Waals surface area contributed by atoms with E-state index in [1.54, 1.807) is 7.11 Å². The number of halogens is 1. The molecule has 2 fully saturated rings. The third kappa shape index (κ3) is 4.72. The number of carbonyl (C=O) groups is 2. The highest BCUT2D eigenvalue weighted by Crippen LogP contribution is 2.31. The number of methoxy groups -OCH3 is 1. The molecule has 1 aliphatic heterocycles. The Morgan fingerprint density at radius 3 is 2.69 bits per heavy atom. The largest absolute Gasteiger partial charge is 0.444 e. The molecule has 0 spiro atoms. The SMILES string of the molecule is CO[C@H]1C[C@H](C#Cc2ccc(N3C[C@H](C[C@](C)(C(=O)NO)S(C)(=O)=O)OC3=O)cc2F)C1. The van der Waals surface area contributed by atoms with Gasteiger partial charge in [-0.3, -0.25) is 14.9 Å². The maximum atomic E-state index is 14.6. The number of nitrogens with zero attached hydrogens (tertiary/aromatic N) is 1. The zero-order chi connectivity index (χ0) is 23.7. The standard InChI is InChI=1S/C21H25FN2O7S/c1-21(19(25)23-27,32(3,28)29)11-17-12-24(20(26)31-17)15-7-6-14(18(22)10-15)5-4-13-8-16(9-13)30-2/h6-7,10,13,16-17,27H,8-9,11-12H2,1-3H3,(H,23,25)/t13-,16-,17-,21+/m0/s1. The summed E-state index contributed by atoms with van der Waals surface area (Å²) < 4.78 is 47.2. The molecule has 2 amide bonds. The Hall–Kier alpha value is -2.68. The molecule has 1 aliphatic carbocycles. The lowest BCUT2D eigenvalue weighted by atomic mass is 9.83. The van der Waals surface area contributed by atoms with Gasteiger partial charge in [0, 0.05) is 25.7 Å². The molecule has 174 valence electrons. The second-order valence-electron chi connectivity index (χ2n) is 8.22. The summed E-state index contributed by atoms with van der Waals surface area (Å²) in [6, 6.07) is 4.14. The molecule has 2 aliphatic rings. The van der Waals surface area contributed by atoms with Crippen LogP contribution in [0.15, 0.2) is 18.2 Å². The van der Waals surface area contributed by atoms with Crippen LogP contribution in [0.2, 0.25) is 0 Å². The topological polar surface area (TPSA) is 122 Å². The summed E-state index contributed by atoms with van der Waals surface area (Å²) in [5, 5.41) is 8.93. The maximum Gasteiger partial charge on any atom is 0.414 e. The summed E-state index contributed by atoms with van der Waals surface area (Å²) in [5.74, 6) is 4.25. The number of ether oxygens (including phenoxy) is 2. The van der Waals surface area contributed by atoms with E-state index in [1.807, 2.05) is 0 Å². The highest BCUT2D eigenvalue weighted by Gasteiger charge is 2.48. The molecule has 0 aromatic heterocycles. The Labute approximate surface area is 185 Å². The van der Waals surface area contributed by atoms with E-state index in [-0.39, 0.29) is 36.2 Å². The van der Waals surface area contributed by atoms with Gasteiger partial charge in [-0.15, -0.1) is 0 Å². The van der Waals surface area contributed by atoms with E-state index < -0.39 is 38.5 Å². The Morgan fingerprint density at radius 2 is 2.12 bits per heavy atom. The quantitative estimate of drug-likeness (QED) is 0.370. The fourth-order valence-corrected chi connectivity index (χ4v) is 4.50. The molecule has 9 nitrogen and oxygen atoms in total. The van der Waals surface area contributed by atoms with Gasteiger partial charge in [0.05, 0.1) is 23.9 Å². The minimum absolute atomic E-state index is 0.0897. The van der Waals surface area contributed by atoms with E-state index in [0.29, 0.717) is 0 Å². The monoisotopic (exact) mass is 468 g/mol. The van der Waals surface area contributed by atoms with Gasteiger partial charge >= 0.3 is 6.09 Å². The highest BCUT2D eigenvalue weighted by atomic mass is 32.2. The number of carbonyl (C=O) groups excluding carboxylic acids is 2. The number of sulfone groups is 1. The molecule has 1 saturated carbocycles. The predicted molar refractivity (Wildman–Crippen MR) is 112 cm³/mol. The van der Waals surface area contributed by atoms with E-state index >= 15 is 0 Å². The number of anilines is 1. The third-order valence-corrected chi connectivity index (χ3v) is 7.98. The first-order chi connectivity index (χ1) is 15.0. The van der Waals surface area contributed by atoms with Crippen LogP contribution < -0.4 is 10.4 Å². The molecular formula is C21H25FN2O7S. The van der Waals surface area contributed by atoms with Gasteiger partial charge in [-0.1, -0.05) is 11.8 Å². The van der Waals surface area contributed by atoms with Gasteiger partial charge < -0.3 is 9.47 Å². The van der Waals surface area contributed by atoms with Gasteiger partial charge in [0.1, 0.15) is 11.9 Å². The molecule has 0 radical (unpaired) electrons. The van der Waals surface area contributed by atoms with E-state index in [4.69, 9.17) is 14.7 Å². The normalized spacial score (nSPS) is 24.6.